The van der Waals surface area contributed by atoms with Gasteiger partial charge in [0.2, 0.25) is 0 Å². The summed E-state index contributed by atoms with van der Waals surface area (Å²) in [4.78, 5) is 2.34. The van der Waals surface area contributed by atoms with E-state index >= 15 is 0 Å². The molecule has 114 valence electrons. The fourth-order valence-electron chi connectivity index (χ4n) is 2.33. The van der Waals surface area contributed by atoms with Gasteiger partial charge in [0.05, 0.1) is 12.2 Å². The highest BCUT2D eigenvalue weighted by atomic mass is 15.3. The molecule has 0 saturated heterocycles. The van der Waals surface area contributed by atoms with Crippen molar-refractivity contribution in [3.05, 3.63) is 42.2 Å². The van der Waals surface area contributed by atoms with E-state index in [-0.39, 0.29) is 0 Å². The first-order valence-electron chi connectivity index (χ1n) is 7.77. The highest BCUT2D eigenvalue weighted by Crippen LogP contribution is 2.18. The molecule has 0 atom stereocenters. The monoisotopic (exact) mass is 286 g/mol. The van der Waals surface area contributed by atoms with Crippen LogP contribution in [0.25, 0.3) is 0 Å². The molecular formula is C17H26N4. The molecule has 4 nitrogen and oxygen atoms in total. The van der Waals surface area contributed by atoms with Crippen molar-refractivity contribution in [2.24, 2.45) is 0 Å². The summed E-state index contributed by atoms with van der Waals surface area (Å²) in [6, 6.07) is 11.1. The first-order valence-corrected chi connectivity index (χ1v) is 7.77. The van der Waals surface area contributed by atoms with Gasteiger partial charge in [0.25, 0.3) is 0 Å². The summed E-state index contributed by atoms with van der Waals surface area (Å²) < 4.78 is 1.99. The molecule has 0 saturated carbocycles. The van der Waals surface area contributed by atoms with Crippen LogP contribution in [0.3, 0.4) is 0 Å². The van der Waals surface area contributed by atoms with Crippen molar-refractivity contribution in [3.63, 3.8) is 0 Å². The highest BCUT2D eigenvalue weighted by Gasteiger charge is 2.03. The molecule has 2 rings (SSSR count). The largest absolute Gasteiger partial charge is 0.379 e. The Morgan fingerprint density at radius 2 is 1.76 bits per heavy atom. The molecule has 21 heavy (non-hydrogen) atoms. The Labute approximate surface area is 127 Å². The summed E-state index contributed by atoms with van der Waals surface area (Å²) in [6.07, 6.45) is 2.03. The topological polar surface area (TPSA) is 33.1 Å². The fraction of sp³-hybridized carbons (Fsp3) is 0.471. The molecule has 0 aliphatic rings. The van der Waals surface area contributed by atoms with E-state index in [0.29, 0.717) is 6.04 Å². The number of rotatable bonds is 7. The van der Waals surface area contributed by atoms with Crippen LogP contribution in [-0.2, 0) is 6.54 Å². The number of anilines is 2. The maximum absolute atomic E-state index is 4.54. The average Bonchev–Trinajstić information content (AvgIpc) is 2.97. The molecular weight excluding hydrogens is 260 g/mol. The van der Waals surface area contributed by atoms with Crippen molar-refractivity contribution in [1.29, 1.82) is 0 Å². The van der Waals surface area contributed by atoms with Crippen LogP contribution in [0.2, 0.25) is 0 Å². The van der Waals surface area contributed by atoms with E-state index in [1.165, 1.54) is 5.69 Å². The smallest absolute Gasteiger partial charge is 0.0815 e. The fourth-order valence-corrected chi connectivity index (χ4v) is 2.33. The predicted octanol–water partition coefficient (Wildman–Crippen LogP) is 3.92. The molecule has 0 amide bonds. The quantitative estimate of drug-likeness (QED) is 0.837. The molecule has 0 bridgehead atoms. The van der Waals surface area contributed by atoms with Gasteiger partial charge in [0.15, 0.2) is 0 Å². The Morgan fingerprint density at radius 1 is 1.10 bits per heavy atom. The second-order valence-corrected chi connectivity index (χ2v) is 5.45. The molecule has 1 N–H and O–H groups in total. The maximum Gasteiger partial charge on any atom is 0.0815 e. The second kappa shape index (κ2) is 7.16. The third-order valence-electron chi connectivity index (χ3n) is 3.66. The molecule has 0 aliphatic heterocycles. The minimum absolute atomic E-state index is 0.409. The zero-order valence-corrected chi connectivity index (χ0v) is 13.5. The highest BCUT2D eigenvalue weighted by molar-refractivity contribution is 5.55. The Balaban J connectivity index is 1.94. The van der Waals surface area contributed by atoms with Gasteiger partial charge in [-0.1, -0.05) is 0 Å². The number of nitrogens with zero attached hydrogens (tertiary/aromatic N) is 3. The van der Waals surface area contributed by atoms with Crippen LogP contribution in [0.1, 0.15) is 39.4 Å². The summed E-state index contributed by atoms with van der Waals surface area (Å²) in [7, 11) is 0. The van der Waals surface area contributed by atoms with Crippen molar-refractivity contribution in [2.45, 2.75) is 40.3 Å². The van der Waals surface area contributed by atoms with Crippen molar-refractivity contribution < 1.29 is 0 Å². The van der Waals surface area contributed by atoms with Crippen LogP contribution in [0, 0.1) is 0 Å². The Bertz CT molecular complexity index is 538. The molecule has 0 radical (unpaired) electrons. The second-order valence-electron chi connectivity index (χ2n) is 5.45. The lowest BCUT2D eigenvalue weighted by Gasteiger charge is -2.21. The van der Waals surface area contributed by atoms with Gasteiger partial charge < -0.3 is 10.2 Å². The molecule has 1 aromatic heterocycles. The molecule has 0 fully saturated rings. The van der Waals surface area contributed by atoms with Crippen LogP contribution in [0.5, 0.6) is 0 Å². The molecule has 4 heteroatoms. The first-order chi connectivity index (χ1) is 10.1. The van der Waals surface area contributed by atoms with Gasteiger partial charge in [-0.05, 0) is 58.0 Å². The van der Waals surface area contributed by atoms with Gasteiger partial charge in [0.1, 0.15) is 0 Å². The standard InChI is InChI=1S/C17H26N4/c1-5-20(6-2)17-9-7-15(8-10-17)18-13-16-11-12-21(19-16)14(3)4/h7-12,14,18H,5-6,13H2,1-4H3. The minimum atomic E-state index is 0.409. The molecule has 0 unspecified atom stereocenters. The van der Waals surface area contributed by atoms with Crippen LogP contribution < -0.4 is 10.2 Å². The summed E-state index contributed by atoms with van der Waals surface area (Å²) in [6.45, 7) is 11.5. The van der Waals surface area contributed by atoms with Crippen LogP contribution >= 0.6 is 0 Å². The number of benzene rings is 1. The molecule has 0 spiro atoms. The van der Waals surface area contributed by atoms with Gasteiger partial charge in [0, 0.05) is 36.7 Å². The lowest BCUT2D eigenvalue weighted by atomic mass is 10.2. The van der Waals surface area contributed by atoms with E-state index in [9.17, 15) is 0 Å². The van der Waals surface area contributed by atoms with Gasteiger partial charge in [-0.15, -0.1) is 0 Å². The third-order valence-corrected chi connectivity index (χ3v) is 3.66. The van der Waals surface area contributed by atoms with Crippen LogP contribution in [0.4, 0.5) is 11.4 Å². The Morgan fingerprint density at radius 3 is 2.29 bits per heavy atom. The van der Waals surface area contributed by atoms with Crippen molar-refractivity contribution in [1.82, 2.24) is 9.78 Å². The first kappa shape index (κ1) is 15.4. The third kappa shape index (κ3) is 4.00. The number of aromatic nitrogens is 2. The predicted molar refractivity (Wildman–Crippen MR) is 89.9 cm³/mol. The number of hydrogen-bond acceptors (Lipinski definition) is 3. The molecule has 1 heterocycles. The van der Waals surface area contributed by atoms with Gasteiger partial charge >= 0.3 is 0 Å². The number of hydrogen-bond donors (Lipinski definition) is 1. The van der Waals surface area contributed by atoms with Crippen molar-refractivity contribution in [2.75, 3.05) is 23.3 Å². The van der Waals surface area contributed by atoms with Crippen LogP contribution in [-0.4, -0.2) is 22.9 Å². The number of nitrogens with one attached hydrogen (secondary N) is 1. The van der Waals surface area contributed by atoms with E-state index in [1.54, 1.807) is 0 Å². The van der Waals surface area contributed by atoms with Crippen LogP contribution in [0.15, 0.2) is 36.5 Å². The summed E-state index contributed by atoms with van der Waals surface area (Å²) in [5.74, 6) is 0. The minimum Gasteiger partial charge on any atom is -0.379 e. The zero-order chi connectivity index (χ0) is 15.2. The summed E-state index contributed by atoms with van der Waals surface area (Å²) in [5, 5.41) is 7.96. The van der Waals surface area contributed by atoms with Crippen molar-refractivity contribution >= 4 is 11.4 Å². The van der Waals surface area contributed by atoms with Gasteiger partial charge in [-0.3, -0.25) is 4.68 Å². The summed E-state index contributed by atoms with van der Waals surface area (Å²) >= 11 is 0. The molecule has 2 aromatic rings. The Hall–Kier alpha value is -1.97. The Kier molecular flexibility index (Phi) is 5.26. The maximum atomic E-state index is 4.54. The van der Waals surface area contributed by atoms with Gasteiger partial charge in [-0.25, -0.2) is 0 Å². The molecule has 0 aliphatic carbocycles. The normalized spacial score (nSPS) is 10.9. The van der Waals surface area contributed by atoms with E-state index in [1.807, 2.05) is 10.9 Å². The zero-order valence-electron chi connectivity index (χ0n) is 13.5. The van der Waals surface area contributed by atoms with E-state index < -0.39 is 0 Å². The van der Waals surface area contributed by atoms with E-state index in [2.05, 4.69) is 73.3 Å². The molecule has 1 aromatic carbocycles. The van der Waals surface area contributed by atoms with E-state index in [0.717, 1.165) is 31.0 Å². The van der Waals surface area contributed by atoms with E-state index in [4.69, 9.17) is 0 Å². The SMILES string of the molecule is CCN(CC)c1ccc(NCc2ccn(C(C)C)n2)cc1. The average molecular weight is 286 g/mol. The van der Waals surface area contributed by atoms with Gasteiger partial charge in [-0.2, -0.15) is 5.10 Å². The summed E-state index contributed by atoms with van der Waals surface area (Å²) in [5.41, 5.74) is 3.47. The lowest BCUT2D eigenvalue weighted by Crippen LogP contribution is -2.21. The van der Waals surface area contributed by atoms with Crippen molar-refractivity contribution in [3.8, 4) is 0 Å². The lowest BCUT2D eigenvalue weighted by molar-refractivity contribution is 0.527.